The summed E-state index contributed by atoms with van der Waals surface area (Å²) in [5.41, 5.74) is 0.934. The maximum Gasteiger partial charge on any atom is 0.236 e. The van der Waals surface area contributed by atoms with Gasteiger partial charge in [-0.2, -0.15) is 0 Å². The highest BCUT2D eigenvalue weighted by atomic mass is 16.3. The summed E-state index contributed by atoms with van der Waals surface area (Å²) in [6.07, 6.45) is 5.03. The second kappa shape index (κ2) is 18.4. The lowest BCUT2D eigenvalue weighted by molar-refractivity contribution is -0.133. The molecule has 0 aromatic carbocycles. The first-order chi connectivity index (χ1) is 12.6. The van der Waals surface area contributed by atoms with E-state index in [9.17, 15) is 9.90 Å². The molecule has 1 unspecified atom stereocenters. The molecule has 1 aliphatic rings. The molecule has 1 rings (SSSR count). The van der Waals surface area contributed by atoms with E-state index in [-0.39, 0.29) is 5.91 Å². The molecule has 0 spiro atoms. The molecule has 1 saturated heterocycles. The largest absolute Gasteiger partial charge is 0.390 e. The highest BCUT2D eigenvalue weighted by Gasteiger charge is 2.21. The van der Waals surface area contributed by atoms with Gasteiger partial charge in [-0.15, -0.1) is 6.58 Å². The van der Waals surface area contributed by atoms with Crippen molar-refractivity contribution in [1.29, 1.82) is 0 Å². The Morgan fingerprint density at radius 3 is 2.54 bits per heavy atom. The minimum atomic E-state index is -0.552. The van der Waals surface area contributed by atoms with Crippen LogP contribution in [0.1, 0.15) is 40.5 Å². The van der Waals surface area contributed by atoms with Gasteiger partial charge >= 0.3 is 0 Å². The van der Waals surface area contributed by atoms with Gasteiger partial charge in [0.15, 0.2) is 0 Å². The zero-order chi connectivity index (χ0) is 20.4. The number of aliphatic hydroxyl groups excluding tert-OH is 1. The number of nitrogens with one attached hydrogen (secondary N) is 1. The fourth-order valence-corrected chi connectivity index (χ4v) is 2.50. The highest BCUT2D eigenvalue weighted by Crippen LogP contribution is 2.05. The van der Waals surface area contributed by atoms with Crippen LogP contribution >= 0.6 is 0 Å². The number of rotatable bonds is 11. The molecule has 0 saturated carbocycles. The first-order valence-electron chi connectivity index (χ1n) is 9.86. The van der Waals surface area contributed by atoms with Crippen LogP contribution in [0.3, 0.4) is 0 Å². The number of unbranched alkanes of at least 4 members (excludes halogenated alkanes) is 1. The normalized spacial score (nSPS) is 14.5. The number of carbonyl (C=O) groups is 1. The van der Waals surface area contributed by atoms with Crippen molar-refractivity contribution in [1.82, 2.24) is 15.1 Å². The van der Waals surface area contributed by atoms with E-state index in [2.05, 4.69) is 30.0 Å². The van der Waals surface area contributed by atoms with E-state index in [4.69, 9.17) is 0 Å². The van der Waals surface area contributed by atoms with Gasteiger partial charge in [-0.05, 0) is 25.0 Å². The van der Waals surface area contributed by atoms with Crippen molar-refractivity contribution >= 4 is 5.91 Å². The molecule has 0 bridgehead atoms. The molecule has 0 radical (unpaired) electrons. The topological polar surface area (TPSA) is 55.8 Å². The number of hydrogen-bond donors (Lipinski definition) is 2. The Morgan fingerprint density at radius 1 is 1.35 bits per heavy atom. The molecule has 1 aliphatic heterocycles. The van der Waals surface area contributed by atoms with Crippen molar-refractivity contribution in [2.45, 2.75) is 46.6 Å². The third kappa shape index (κ3) is 12.9. The SMILES string of the molecule is C=CCCCN(CC(=C)C=C)CC(O)CN1CCNCC1=O.CC.CC. The number of allylic oxidation sites excluding steroid dienone is 1. The van der Waals surface area contributed by atoms with Crippen LogP contribution < -0.4 is 5.32 Å². The van der Waals surface area contributed by atoms with E-state index in [1.165, 1.54) is 0 Å². The van der Waals surface area contributed by atoms with Gasteiger partial charge in [-0.1, -0.05) is 53.0 Å². The Labute approximate surface area is 161 Å². The highest BCUT2D eigenvalue weighted by molar-refractivity contribution is 5.79. The quantitative estimate of drug-likeness (QED) is 0.335. The fraction of sp³-hybridized carbons (Fsp3) is 0.667. The standard InChI is InChI=1S/C17H29N3O2.2C2H6/c1-4-6-7-9-19(12-15(3)5-2)13-16(21)14-20-10-8-18-11-17(20)22;2*1-2/h4-5,16,18,21H,1-3,6-14H2;2*1-2H3. The second-order valence-corrected chi connectivity index (χ2v) is 5.70. The molecule has 0 aliphatic carbocycles. The predicted octanol–water partition coefficient (Wildman–Crippen LogP) is 2.84. The molecule has 0 aromatic heterocycles. The van der Waals surface area contributed by atoms with Crippen molar-refractivity contribution < 1.29 is 9.90 Å². The Morgan fingerprint density at radius 2 is 2.00 bits per heavy atom. The molecule has 1 amide bonds. The average molecular weight is 368 g/mol. The van der Waals surface area contributed by atoms with Gasteiger partial charge in [0.2, 0.25) is 5.91 Å². The summed E-state index contributed by atoms with van der Waals surface area (Å²) in [5.74, 6) is 0.0546. The summed E-state index contributed by atoms with van der Waals surface area (Å²) in [6.45, 7) is 23.7. The van der Waals surface area contributed by atoms with E-state index in [1.54, 1.807) is 11.0 Å². The molecule has 5 heteroatoms. The lowest BCUT2D eigenvalue weighted by Crippen LogP contribution is -2.51. The van der Waals surface area contributed by atoms with E-state index < -0.39 is 6.10 Å². The average Bonchev–Trinajstić information content (AvgIpc) is 2.67. The Kier molecular flexibility index (Phi) is 18.9. The second-order valence-electron chi connectivity index (χ2n) is 5.70. The van der Waals surface area contributed by atoms with Gasteiger partial charge in [0.25, 0.3) is 0 Å². The van der Waals surface area contributed by atoms with Gasteiger partial charge in [-0.25, -0.2) is 0 Å². The summed E-state index contributed by atoms with van der Waals surface area (Å²) in [6, 6.07) is 0. The Bertz CT molecular complexity index is 397. The van der Waals surface area contributed by atoms with Crippen molar-refractivity contribution in [2.75, 3.05) is 45.8 Å². The van der Waals surface area contributed by atoms with Crippen LogP contribution in [-0.4, -0.2) is 72.7 Å². The third-order valence-electron chi connectivity index (χ3n) is 3.69. The number of nitrogens with zero attached hydrogens (tertiary/aromatic N) is 2. The Hall–Kier alpha value is -1.43. The molecular weight excluding hydrogens is 326 g/mol. The summed E-state index contributed by atoms with van der Waals surface area (Å²) in [4.78, 5) is 15.6. The van der Waals surface area contributed by atoms with Crippen molar-refractivity contribution in [3.05, 3.63) is 37.5 Å². The van der Waals surface area contributed by atoms with E-state index in [0.29, 0.717) is 32.7 Å². The maximum absolute atomic E-state index is 11.8. The summed E-state index contributed by atoms with van der Waals surface area (Å²) in [5, 5.41) is 13.3. The predicted molar refractivity (Wildman–Crippen MR) is 113 cm³/mol. The van der Waals surface area contributed by atoms with Crippen LogP contribution in [-0.2, 0) is 4.79 Å². The van der Waals surface area contributed by atoms with Gasteiger partial charge in [0.05, 0.1) is 12.6 Å². The van der Waals surface area contributed by atoms with Crippen LogP contribution in [0, 0.1) is 0 Å². The molecule has 0 aromatic rings. The van der Waals surface area contributed by atoms with E-state index in [1.807, 2.05) is 33.8 Å². The molecule has 2 N–H and O–H groups in total. The van der Waals surface area contributed by atoms with Crippen LogP contribution in [0.2, 0.25) is 0 Å². The lowest BCUT2D eigenvalue weighted by atomic mass is 10.2. The van der Waals surface area contributed by atoms with Crippen molar-refractivity contribution in [2.24, 2.45) is 0 Å². The fourth-order valence-electron chi connectivity index (χ4n) is 2.50. The third-order valence-corrected chi connectivity index (χ3v) is 3.69. The van der Waals surface area contributed by atoms with E-state index in [0.717, 1.165) is 31.5 Å². The molecule has 5 nitrogen and oxygen atoms in total. The molecule has 1 heterocycles. The number of β-amino-alcohol motifs (C(OH)–C–C–N with tert-alkyl or cyclic N) is 1. The van der Waals surface area contributed by atoms with Crippen LogP contribution in [0.5, 0.6) is 0 Å². The zero-order valence-electron chi connectivity index (χ0n) is 17.5. The van der Waals surface area contributed by atoms with Crippen LogP contribution in [0.15, 0.2) is 37.5 Å². The Balaban J connectivity index is 0. The van der Waals surface area contributed by atoms with E-state index >= 15 is 0 Å². The molecule has 1 fully saturated rings. The summed E-state index contributed by atoms with van der Waals surface area (Å²) in [7, 11) is 0. The zero-order valence-corrected chi connectivity index (χ0v) is 17.5. The maximum atomic E-state index is 11.8. The van der Waals surface area contributed by atoms with Gasteiger partial charge < -0.3 is 15.3 Å². The monoisotopic (exact) mass is 367 g/mol. The summed E-state index contributed by atoms with van der Waals surface area (Å²) >= 11 is 0. The van der Waals surface area contributed by atoms with Crippen molar-refractivity contribution in [3.63, 3.8) is 0 Å². The van der Waals surface area contributed by atoms with Gasteiger partial charge in [0.1, 0.15) is 0 Å². The lowest BCUT2D eigenvalue weighted by Gasteiger charge is -2.31. The first-order valence-corrected chi connectivity index (χ1v) is 9.86. The molecule has 1 atom stereocenters. The summed E-state index contributed by atoms with van der Waals surface area (Å²) < 4.78 is 0. The molecule has 26 heavy (non-hydrogen) atoms. The number of amides is 1. The van der Waals surface area contributed by atoms with Gasteiger partial charge in [0, 0.05) is 32.7 Å². The minimum absolute atomic E-state index is 0.0546. The number of hydrogen-bond acceptors (Lipinski definition) is 4. The first kappa shape index (κ1) is 26.8. The molecule has 152 valence electrons. The van der Waals surface area contributed by atoms with Gasteiger partial charge in [-0.3, -0.25) is 9.69 Å². The van der Waals surface area contributed by atoms with Crippen LogP contribution in [0.25, 0.3) is 0 Å². The number of carbonyl (C=O) groups excluding carboxylic acids is 1. The van der Waals surface area contributed by atoms with Crippen LogP contribution in [0.4, 0.5) is 0 Å². The number of piperazine rings is 1. The molecular formula is C21H41N3O2. The minimum Gasteiger partial charge on any atom is -0.390 e. The number of aliphatic hydroxyl groups is 1. The smallest absolute Gasteiger partial charge is 0.236 e. The van der Waals surface area contributed by atoms with Crippen molar-refractivity contribution in [3.8, 4) is 0 Å².